The molecule has 1 amide bonds. The lowest BCUT2D eigenvalue weighted by Gasteiger charge is -2.25. The molecule has 0 spiro atoms. The summed E-state index contributed by atoms with van der Waals surface area (Å²) in [5, 5.41) is 15.0. The number of amides is 1. The third-order valence-corrected chi connectivity index (χ3v) is 3.53. The standard InChI is InChI=1S/C14H12N6O/c21-14-13(8-15-14)20-9-12(17-18-20)10-2-4-11(5-3-10)19-7-1-6-16-19/h1-7,9,13H,8H2,(H,15,21). The predicted octanol–water partition coefficient (Wildman–Crippen LogP) is 0.802. The molecule has 0 radical (unpaired) electrons. The molecule has 3 aromatic rings. The summed E-state index contributed by atoms with van der Waals surface area (Å²) in [6.07, 6.45) is 5.43. The topological polar surface area (TPSA) is 77.6 Å². The number of hydrogen-bond acceptors (Lipinski definition) is 4. The first-order valence-electron chi connectivity index (χ1n) is 6.61. The van der Waals surface area contributed by atoms with E-state index in [4.69, 9.17) is 0 Å². The maximum atomic E-state index is 11.3. The van der Waals surface area contributed by atoms with Gasteiger partial charge in [-0.25, -0.2) is 9.36 Å². The van der Waals surface area contributed by atoms with Gasteiger partial charge in [0, 0.05) is 24.5 Å². The van der Waals surface area contributed by atoms with E-state index in [1.807, 2.05) is 36.5 Å². The third kappa shape index (κ3) is 1.99. The van der Waals surface area contributed by atoms with E-state index < -0.39 is 0 Å². The molecule has 1 fully saturated rings. The van der Waals surface area contributed by atoms with E-state index in [1.54, 1.807) is 21.8 Å². The largest absolute Gasteiger partial charge is 0.351 e. The molecule has 1 N–H and O–H groups in total. The normalized spacial score (nSPS) is 17.3. The number of hydrogen-bond donors (Lipinski definition) is 1. The average Bonchev–Trinajstić information content (AvgIpc) is 3.17. The molecule has 7 nitrogen and oxygen atoms in total. The average molecular weight is 280 g/mol. The molecule has 1 aliphatic rings. The van der Waals surface area contributed by atoms with Gasteiger partial charge in [0.25, 0.3) is 0 Å². The molecule has 1 atom stereocenters. The second-order valence-corrected chi connectivity index (χ2v) is 4.84. The van der Waals surface area contributed by atoms with Crippen molar-refractivity contribution in [1.82, 2.24) is 30.1 Å². The Morgan fingerprint density at radius 3 is 2.71 bits per heavy atom. The number of benzene rings is 1. The second kappa shape index (κ2) is 4.55. The quantitative estimate of drug-likeness (QED) is 0.720. The number of rotatable bonds is 3. The van der Waals surface area contributed by atoms with Crippen LogP contribution < -0.4 is 5.32 Å². The van der Waals surface area contributed by atoms with Crippen molar-refractivity contribution in [2.75, 3.05) is 6.54 Å². The van der Waals surface area contributed by atoms with Gasteiger partial charge in [-0.1, -0.05) is 17.3 Å². The van der Waals surface area contributed by atoms with E-state index in [1.165, 1.54) is 0 Å². The smallest absolute Gasteiger partial charge is 0.246 e. The summed E-state index contributed by atoms with van der Waals surface area (Å²) >= 11 is 0. The zero-order valence-electron chi connectivity index (χ0n) is 11.0. The maximum absolute atomic E-state index is 11.3. The Morgan fingerprint density at radius 2 is 2.10 bits per heavy atom. The zero-order valence-corrected chi connectivity index (χ0v) is 11.0. The minimum Gasteiger partial charge on any atom is -0.351 e. The van der Waals surface area contributed by atoms with Crippen molar-refractivity contribution in [3.05, 3.63) is 48.9 Å². The van der Waals surface area contributed by atoms with Crippen LogP contribution in [0, 0.1) is 0 Å². The van der Waals surface area contributed by atoms with Gasteiger partial charge in [-0.05, 0) is 18.2 Å². The van der Waals surface area contributed by atoms with Crippen molar-refractivity contribution in [1.29, 1.82) is 0 Å². The molecular formula is C14H12N6O. The first-order valence-corrected chi connectivity index (χ1v) is 6.61. The number of nitrogens with zero attached hydrogens (tertiary/aromatic N) is 5. The Kier molecular flexibility index (Phi) is 2.56. The highest BCUT2D eigenvalue weighted by atomic mass is 16.2. The van der Waals surface area contributed by atoms with Gasteiger partial charge < -0.3 is 5.32 Å². The van der Waals surface area contributed by atoms with Crippen molar-refractivity contribution < 1.29 is 4.79 Å². The third-order valence-electron chi connectivity index (χ3n) is 3.53. The van der Waals surface area contributed by atoms with Crippen LogP contribution in [0.25, 0.3) is 16.9 Å². The van der Waals surface area contributed by atoms with Crippen LogP contribution in [0.2, 0.25) is 0 Å². The fourth-order valence-corrected chi connectivity index (χ4v) is 2.26. The Balaban J connectivity index is 1.60. The molecule has 4 rings (SSSR count). The predicted molar refractivity (Wildman–Crippen MR) is 74.6 cm³/mol. The zero-order chi connectivity index (χ0) is 14.2. The van der Waals surface area contributed by atoms with Crippen LogP contribution in [0.4, 0.5) is 0 Å². The number of aromatic nitrogens is 5. The Bertz CT molecular complexity index is 774. The summed E-state index contributed by atoms with van der Waals surface area (Å²) in [7, 11) is 0. The van der Waals surface area contributed by atoms with E-state index >= 15 is 0 Å². The highest BCUT2D eigenvalue weighted by Gasteiger charge is 2.30. The molecule has 0 saturated carbocycles. The monoisotopic (exact) mass is 280 g/mol. The fourth-order valence-electron chi connectivity index (χ4n) is 2.26. The lowest BCUT2D eigenvalue weighted by molar-refractivity contribution is -0.130. The van der Waals surface area contributed by atoms with Crippen molar-refractivity contribution in [3.8, 4) is 16.9 Å². The summed E-state index contributed by atoms with van der Waals surface area (Å²) in [5.41, 5.74) is 2.69. The summed E-state index contributed by atoms with van der Waals surface area (Å²) in [4.78, 5) is 11.3. The lowest BCUT2D eigenvalue weighted by atomic mass is 10.1. The van der Waals surface area contributed by atoms with Crippen LogP contribution in [-0.2, 0) is 4.79 Å². The van der Waals surface area contributed by atoms with Gasteiger partial charge in [-0.3, -0.25) is 4.79 Å². The van der Waals surface area contributed by atoms with Crippen LogP contribution >= 0.6 is 0 Å². The molecular weight excluding hydrogens is 268 g/mol. The van der Waals surface area contributed by atoms with Crippen LogP contribution in [-0.4, -0.2) is 37.2 Å². The SMILES string of the molecule is O=C1NCC1n1cc(-c2ccc(-n3cccn3)cc2)nn1. The van der Waals surface area contributed by atoms with Gasteiger partial charge in [-0.2, -0.15) is 5.10 Å². The Labute approximate surface area is 120 Å². The minimum atomic E-state index is -0.227. The second-order valence-electron chi connectivity index (χ2n) is 4.84. The molecule has 2 aromatic heterocycles. The molecule has 0 aliphatic carbocycles. The van der Waals surface area contributed by atoms with E-state index in [9.17, 15) is 4.79 Å². The summed E-state index contributed by atoms with van der Waals surface area (Å²) < 4.78 is 3.40. The van der Waals surface area contributed by atoms with Crippen molar-refractivity contribution >= 4 is 5.91 Å². The molecule has 0 bridgehead atoms. The molecule has 104 valence electrons. The van der Waals surface area contributed by atoms with Gasteiger partial charge in [0.15, 0.2) is 0 Å². The van der Waals surface area contributed by atoms with Crippen LogP contribution in [0.3, 0.4) is 0 Å². The number of carbonyl (C=O) groups is 1. The highest BCUT2D eigenvalue weighted by Crippen LogP contribution is 2.20. The first kappa shape index (κ1) is 11.8. The van der Waals surface area contributed by atoms with E-state index in [0.717, 1.165) is 16.9 Å². The van der Waals surface area contributed by atoms with E-state index in [0.29, 0.717) is 6.54 Å². The van der Waals surface area contributed by atoms with Gasteiger partial charge in [0.2, 0.25) is 5.91 Å². The van der Waals surface area contributed by atoms with Crippen LogP contribution in [0.15, 0.2) is 48.9 Å². The lowest BCUT2D eigenvalue weighted by Crippen LogP contribution is -2.49. The van der Waals surface area contributed by atoms with Crippen LogP contribution in [0.5, 0.6) is 0 Å². The Hall–Kier alpha value is -2.96. The fraction of sp³-hybridized carbons (Fsp3) is 0.143. The minimum absolute atomic E-state index is 0.0134. The molecule has 7 heteroatoms. The molecule has 1 unspecified atom stereocenters. The van der Waals surface area contributed by atoms with Gasteiger partial charge >= 0.3 is 0 Å². The van der Waals surface area contributed by atoms with Gasteiger partial charge in [0.05, 0.1) is 11.9 Å². The van der Waals surface area contributed by atoms with Crippen LogP contribution in [0.1, 0.15) is 6.04 Å². The van der Waals surface area contributed by atoms with Gasteiger partial charge in [0.1, 0.15) is 11.7 Å². The molecule has 3 heterocycles. The van der Waals surface area contributed by atoms with E-state index in [-0.39, 0.29) is 11.9 Å². The van der Waals surface area contributed by atoms with Crippen molar-refractivity contribution in [3.63, 3.8) is 0 Å². The van der Waals surface area contributed by atoms with Crippen molar-refractivity contribution in [2.45, 2.75) is 6.04 Å². The summed E-state index contributed by atoms with van der Waals surface area (Å²) in [6, 6.07) is 9.52. The summed E-state index contributed by atoms with van der Waals surface area (Å²) in [5.74, 6) is -0.0134. The first-order chi connectivity index (χ1) is 10.3. The molecule has 1 saturated heterocycles. The number of carbonyl (C=O) groups excluding carboxylic acids is 1. The molecule has 1 aliphatic heterocycles. The highest BCUT2D eigenvalue weighted by molar-refractivity contribution is 5.86. The Morgan fingerprint density at radius 1 is 1.24 bits per heavy atom. The van der Waals surface area contributed by atoms with E-state index in [2.05, 4.69) is 20.7 Å². The number of nitrogens with one attached hydrogen (secondary N) is 1. The molecule has 1 aromatic carbocycles. The molecule has 21 heavy (non-hydrogen) atoms. The van der Waals surface area contributed by atoms with Gasteiger partial charge in [-0.15, -0.1) is 5.10 Å². The summed E-state index contributed by atoms with van der Waals surface area (Å²) in [6.45, 7) is 0.611. The number of β-lactam (4-membered cyclic amide) rings is 1. The maximum Gasteiger partial charge on any atom is 0.246 e. The van der Waals surface area contributed by atoms with Crippen molar-refractivity contribution in [2.24, 2.45) is 0 Å².